The SMILES string of the molecule is COc1cc(F)c(Br)cc1C(Cl)CC1CC1. The normalized spacial score (nSPS) is 17.2. The third kappa shape index (κ3) is 2.69. The van der Waals surface area contributed by atoms with Crippen molar-refractivity contribution in [2.75, 3.05) is 7.11 Å². The van der Waals surface area contributed by atoms with Crippen molar-refractivity contribution >= 4 is 27.5 Å². The van der Waals surface area contributed by atoms with Crippen LogP contribution >= 0.6 is 27.5 Å². The summed E-state index contributed by atoms with van der Waals surface area (Å²) in [5.41, 5.74) is 0.865. The number of alkyl halides is 1. The summed E-state index contributed by atoms with van der Waals surface area (Å²) in [5.74, 6) is 0.938. The van der Waals surface area contributed by atoms with Crippen LogP contribution in [0.2, 0.25) is 0 Å². The lowest BCUT2D eigenvalue weighted by Gasteiger charge is -2.14. The van der Waals surface area contributed by atoms with Gasteiger partial charge in [0.25, 0.3) is 0 Å². The van der Waals surface area contributed by atoms with Crippen LogP contribution in [-0.4, -0.2) is 7.11 Å². The Labute approximate surface area is 108 Å². The Hall–Kier alpha value is -0.280. The Morgan fingerprint density at radius 2 is 2.25 bits per heavy atom. The van der Waals surface area contributed by atoms with Crippen LogP contribution in [0.3, 0.4) is 0 Å². The molecule has 16 heavy (non-hydrogen) atoms. The number of benzene rings is 1. The summed E-state index contributed by atoms with van der Waals surface area (Å²) >= 11 is 9.50. The van der Waals surface area contributed by atoms with E-state index in [-0.39, 0.29) is 11.2 Å². The van der Waals surface area contributed by atoms with Crippen LogP contribution in [0.25, 0.3) is 0 Å². The molecule has 2 rings (SSSR count). The Morgan fingerprint density at radius 3 is 2.81 bits per heavy atom. The van der Waals surface area contributed by atoms with E-state index in [1.807, 2.05) is 0 Å². The van der Waals surface area contributed by atoms with Gasteiger partial charge in [-0.05, 0) is 34.3 Å². The van der Waals surface area contributed by atoms with Gasteiger partial charge in [0.1, 0.15) is 11.6 Å². The van der Waals surface area contributed by atoms with Crippen LogP contribution in [-0.2, 0) is 0 Å². The first kappa shape index (κ1) is 12.2. The molecule has 0 N–H and O–H groups in total. The van der Waals surface area contributed by atoms with E-state index in [0.717, 1.165) is 17.9 Å². The molecule has 1 aromatic carbocycles. The van der Waals surface area contributed by atoms with E-state index in [4.69, 9.17) is 16.3 Å². The van der Waals surface area contributed by atoms with Crippen LogP contribution in [0.1, 0.15) is 30.2 Å². The highest BCUT2D eigenvalue weighted by Gasteiger charge is 2.27. The van der Waals surface area contributed by atoms with Gasteiger partial charge in [-0.15, -0.1) is 11.6 Å². The molecule has 1 aliphatic rings. The Morgan fingerprint density at radius 1 is 1.56 bits per heavy atom. The summed E-state index contributed by atoms with van der Waals surface area (Å²) in [5, 5.41) is -0.0978. The molecule has 0 aromatic heterocycles. The van der Waals surface area contributed by atoms with Gasteiger partial charge in [-0.1, -0.05) is 12.8 Å². The van der Waals surface area contributed by atoms with Crippen molar-refractivity contribution in [2.24, 2.45) is 5.92 Å². The van der Waals surface area contributed by atoms with Crippen LogP contribution in [0.15, 0.2) is 16.6 Å². The van der Waals surface area contributed by atoms with Crippen molar-refractivity contribution in [3.8, 4) is 5.75 Å². The van der Waals surface area contributed by atoms with Crippen LogP contribution in [0.5, 0.6) is 5.75 Å². The second-order valence-electron chi connectivity index (χ2n) is 4.15. The summed E-state index contributed by atoms with van der Waals surface area (Å²) in [7, 11) is 1.53. The molecule has 0 heterocycles. The van der Waals surface area contributed by atoms with Gasteiger partial charge in [0.15, 0.2) is 0 Å². The fourth-order valence-electron chi connectivity index (χ4n) is 1.74. The topological polar surface area (TPSA) is 9.23 Å². The maximum absolute atomic E-state index is 13.3. The van der Waals surface area contributed by atoms with Crippen molar-refractivity contribution < 1.29 is 9.13 Å². The van der Waals surface area contributed by atoms with E-state index in [9.17, 15) is 4.39 Å². The summed E-state index contributed by atoms with van der Waals surface area (Å²) < 4.78 is 18.9. The molecule has 0 bridgehead atoms. The molecule has 0 amide bonds. The molecule has 0 aliphatic heterocycles. The number of halogens is 3. The fourth-order valence-corrected chi connectivity index (χ4v) is 2.52. The molecule has 4 heteroatoms. The number of hydrogen-bond donors (Lipinski definition) is 0. The second kappa shape index (κ2) is 4.92. The van der Waals surface area contributed by atoms with Gasteiger partial charge in [0.2, 0.25) is 0 Å². The molecule has 0 radical (unpaired) electrons. The summed E-state index contributed by atoms with van der Waals surface area (Å²) in [4.78, 5) is 0. The van der Waals surface area contributed by atoms with Crippen molar-refractivity contribution in [1.29, 1.82) is 0 Å². The Bertz CT molecular complexity index is 393. The molecule has 1 saturated carbocycles. The van der Waals surface area contributed by atoms with Crippen molar-refractivity contribution in [3.05, 3.63) is 28.0 Å². The largest absolute Gasteiger partial charge is 0.496 e. The molecular weight excluding hydrogens is 294 g/mol. The predicted molar refractivity (Wildman–Crippen MR) is 66.6 cm³/mol. The van der Waals surface area contributed by atoms with Gasteiger partial charge in [0, 0.05) is 11.6 Å². The van der Waals surface area contributed by atoms with Gasteiger partial charge in [-0.2, -0.15) is 0 Å². The first-order valence-corrected chi connectivity index (χ1v) is 6.51. The minimum absolute atomic E-state index is 0.0978. The third-order valence-electron chi connectivity index (χ3n) is 2.85. The first-order chi connectivity index (χ1) is 7.61. The quantitative estimate of drug-likeness (QED) is 0.734. The van der Waals surface area contributed by atoms with Crippen molar-refractivity contribution in [3.63, 3.8) is 0 Å². The highest BCUT2D eigenvalue weighted by atomic mass is 79.9. The molecule has 1 atom stereocenters. The predicted octanol–water partition coefficient (Wildman–Crippen LogP) is 4.68. The maximum atomic E-state index is 13.3. The molecule has 1 unspecified atom stereocenters. The zero-order valence-electron chi connectivity index (χ0n) is 8.97. The average Bonchev–Trinajstić information content (AvgIpc) is 3.05. The monoisotopic (exact) mass is 306 g/mol. The van der Waals surface area contributed by atoms with Gasteiger partial charge in [-0.25, -0.2) is 4.39 Å². The van der Waals surface area contributed by atoms with Crippen molar-refractivity contribution in [2.45, 2.75) is 24.6 Å². The highest BCUT2D eigenvalue weighted by Crippen LogP contribution is 2.43. The fraction of sp³-hybridized carbons (Fsp3) is 0.500. The van der Waals surface area contributed by atoms with Gasteiger partial charge >= 0.3 is 0 Å². The standard InChI is InChI=1S/C12H13BrClFO/c1-16-12-6-11(15)9(13)5-8(12)10(14)4-7-2-3-7/h5-7,10H,2-4H2,1H3. The average molecular weight is 308 g/mol. The number of ether oxygens (including phenoxy) is 1. The molecule has 1 aliphatic carbocycles. The number of rotatable bonds is 4. The Balaban J connectivity index is 2.25. The first-order valence-electron chi connectivity index (χ1n) is 5.28. The van der Waals surface area contributed by atoms with E-state index < -0.39 is 0 Å². The summed E-state index contributed by atoms with van der Waals surface area (Å²) in [6.07, 6.45) is 3.46. The second-order valence-corrected chi connectivity index (χ2v) is 5.54. The lowest BCUT2D eigenvalue weighted by molar-refractivity contribution is 0.404. The zero-order chi connectivity index (χ0) is 11.7. The minimum atomic E-state index is -0.323. The maximum Gasteiger partial charge on any atom is 0.141 e. The number of hydrogen-bond acceptors (Lipinski definition) is 1. The van der Waals surface area contributed by atoms with Gasteiger partial charge in [-0.3, -0.25) is 0 Å². The van der Waals surface area contributed by atoms with Crippen molar-refractivity contribution in [1.82, 2.24) is 0 Å². The molecule has 1 nitrogen and oxygen atoms in total. The Kier molecular flexibility index (Phi) is 3.75. The minimum Gasteiger partial charge on any atom is -0.496 e. The summed E-state index contributed by atoms with van der Waals surface area (Å²) in [6.45, 7) is 0. The smallest absolute Gasteiger partial charge is 0.141 e. The lowest BCUT2D eigenvalue weighted by atomic mass is 10.1. The van der Waals surface area contributed by atoms with Crippen LogP contribution in [0.4, 0.5) is 4.39 Å². The summed E-state index contributed by atoms with van der Waals surface area (Å²) in [6, 6.07) is 3.09. The molecule has 1 fully saturated rings. The van der Waals surface area contributed by atoms with Gasteiger partial charge in [0.05, 0.1) is 17.0 Å². The lowest BCUT2D eigenvalue weighted by Crippen LogP contribution is -1.98. The van der Waals surface area contributed by atoms with E-state index in [1.165, 1.54) is 26.0 Å². The van der Waals surface area contributed by atoms with E-state index >= 15 is 0 Å². The molecule has 0 spiro atoms. The molecular formula is C12H13BrClFO. The number of methoxy groups -OCH3 is 1. The molecule has 1 aromatic rings. The zero-order valence-corrected chi connectivity index (χ0v) is 11.3. The van der Waals surface area contributed by atoms with E-state index in [0.29, 0.717) is 10.2 Å². The van der Waals surface area contributed by atoms with E-state index in [2.05, 4.69) is 15.9 Å². The van der Waals surface area contributed by atoms with E-state index in [1.54, 1.807) is 6.07 Å². The third-order valence-corrected chi connectivity index (χ3v) is 3.87. The van der Waals surface area contributed by atoms with Gasteiger partial charge < -0.3 is 4.74 Å². The highest BCUT2D eigenvalue weighted by molar-refractivity contribution is 9.10. The molecule has 0 saturated heterocycles. The van der Waals surface area contributed by atoms with Crippen LogP contribution in [0, 0.1) is 11.7 Å². The molecule has 88 valence electrons. The van der Waals surface area contributed by atoms with Crippen LogP contribution < -0.4 is 4.74 Å².